The van der Waals surface area contributed by atoms with Crippen molar-refractivity contribution in [3.05, 3.63) is 0 Å². The number of nitrogens with one attached hydrogen (secondary N) is 1. The van der Waals surface area contributed by atoms with Gasteiger partial charge in [0.1, 0.15) is 0 Å². The van der Waals surface area contributed by atoms with Gasteiger partial charge < -0.3 is 10.4 Å². The maximum absolute atomic E-state index is 10.2. The van der Waals surface area contributed by atoms with Crippen LogP contribution in [-0.2, 0) is 0 Å². The molecule has 1 rings (SSSR count). The average molecular weight is 199 g/mol. The maximum atomic E-state index is 10.2. The third-order valence-corrected chi connectivity index (χ3v) is 3.43. The second-order valence-corrected chi connectivity index (χ2v) is 4.93. The SMILES string of the molecule is CC[C@H](C)CNCC1(O)CCCCC1. The first-order chi connectivity index (χ1) is 6.66. The molecule has 0 saturated heterocycles. The van der Waals surface area contributed by atoms with E-state index in [0.29, 0.717) is 0 Å². The maximum Gasteiger partial charge on any atom is 0.0771 e. The summed E-state index contributed by atoms with van der Waals surface area (Å²) in [5, 5.41) is 13.6. The highest BCUT2D eigenvalue weighted by Gasteiger charge is 2.28. The monoisotopic (exact) mass is 199 g/mol. The first-order valence-electron chi connectivity index (χ1n) is 6.09. The molecule has 2 N–H and O–H groups in total. The molecule has 0 aromatic heterocycles. The van der Waals surface area contributed by atoms with Gasteiger partial charge in [-0.15, -0.1) is 0 Å². The van der Waals surface area contributed by atoms with E-state index < -0.39 is 5.60 Å². The summed E-state index contributed by atoms with van der Waals surface area (Å²) in [6.07, 6.45) is 6.88. The molecule has 14 heavy (non-hydrogen) atoms. The molecular formula is C12H25NO. The number of rotatable bonds is 5. The van der Waals surface area contributed by atoms with Gasteiger partial charge in [0.05, 0.1) is 5.60 Å². The Morgan fingerprint density at radius 2 is 1.93 bits per heavy atom. The molecular weight excluding hydrogens is 174 g/mol. The van der Waals surface area contributed by atoms with Gasteiger partial charge in [-0.3, -0.25) is 0 Å². The molecule has 1 fully saturated rings. The lowest BCUT2D eigenvalue weighted by Gasteiger charge is -2.32. The van der Waals surface area contributed by atoms with Crippen LogP contribution in [0.5, 0.6) is 0 Å². The van der Waals surface area contributed by atoms with Crippen LogP contribution in [0.15, 0.2) is 0 Å². The first-order valence-corrected chi connectivity index (χ1v) is 6.09. The molecule has 1 atom stereocenters. The summed E-state index contributed by atoms with van der Waals surface area (Å²) in [5.41, 5.74) is -0.397. The minimum absolute atomic E-state index is 0.397. The summed E-state index contributed by atoms with van der Waals surface area (Å²) in [4.78, 5) is 0. The second kappa shape index (κ2) is 5.72. The molecule has 1 saturated carbocycles. The van der Waals surface area contributed by atoms with Crippen LogP contribution in [0.25, 0.3) is 0 Å². The molecule has 0 spiro atoms. The highest BCUT2D eigenvalue weighted by atomic mass is 16.3. The molecule has 0 heterocycles. The number of hydrogen-bond donors (Lipinski definition) is 2. The van der Waals surface area contributed by atoms with Gasteiger partial charge in [0.15, 0.2) is 0 Å². The van der Waals surface area contributed by atoms with Gasteiger partial charge in [0.25, 0.3) is 0 Å². The van der Waals surface area contributed by atoms with Gasteiger partial charge in [0.2, 0.25) is 0 Å². The van der Waals surface area contributed by atoms with Crippen molar-refractivity contribution in [1.82, 2.24) is 5.32 Å². The lowest BCUT2D eigenvalue weighted by Crippen LogP contribution is -2.43. The second-order valence-electron chi connectivity index (χ2n) is 4.93. The van der Waals surface area contributed by atoms with Crippen LogP contribution in [0.1, 0.15) is 52.4 Å². The van der Waals surface area contributed by atoms with E-state index in [9.17, 15) is 5.11 Å². The van der Waals surface area contributed by atoms with Crippen molar-refractivity contribution in [3.8, 4) is 0 Å². The lowest BCUT2D eigenvalue weighted by molar-refractivity contribution is 0.00443. The van der Waals surface area contributed by atoms with Crippen LogP contribution in [0, 0.1) is 5.92 Å². The van der Waals surface area contributed by atoms with E-state index in [1.165, 1.54) is 25.7 Å². The Bertz CT molecular complexity index is 152. The molecule has 0 aromatic carbocycles. The molecule has 1 aliphatic carbocycles. The van der Waals surface area contributed by atoms with E-state index in [1.807, 2.05) is 0 Å². The smallest absolute Gasteiger partial charge is 0.0771 e. The Morgan fingerprint density at radius 3 is 2.50 bits per heavy atom. The fourth-order valence-electron chi connectivity index (χ4n) is 2.08. The normalized spacial score (nSPS) is 23.4. The fourth-order valence-corrected chi connectivity index (χ4v) is 2.08. The van der Waals surface area contributed by atoms with Crippen LogP contribution in [0.4, 0.5) is 0 Å². The van der Waals surface area contributed by atoms with Crippen LogP contribution in [-0.4, -0.2) is 23.8 Å². The Labute approximate surface area is 88.1 Å². The minimum atomic E-state index is -0.397. The molecule has 0 aromatic rings. The van der Waals surface area contributed by atoms with Crippen molar-refractivity contribution < 1.29 is 5.11 Å². The summed E-state index contributed by atoms with van der Waals surface area (Å²) < 4.78 is 0. The van der Waals surface area contributed by atoms with E-state index in [1.54, 1.807) is 0 Å². The zero-order valence-electron chi connectivity index (χ0n) is 9.68. The van der Waals surface area contributed by atoms with Gasteiger partial charge >= 0.3 is 0 Å². The minimum Gasteiger partial charge on any atom is -0.389 e. The number of hydrogen-bond acceptors (Lipinski definition) is 2. The van der Waals surface area contributed by atoms with Gasteiger partial charge in [-0.25, -0.2) is 0 Å². The van der Waals surface area contributed by atoms with E-state index in [0.717, 1.165) is 31.8 Å². The van der Waals surface area contributed by atoms with E-state index >= 15 is 0 Å². The van der Waals surface area contributed by atoms with Crippen LogP contribution in [0.3, 0.4) is 0 Å². The molecule has 0 aliphatic heterocycles. The largest absolute Gasteiger partial charge is 0.389 e. The summed E-state index contributed by atoms with van der Waals surface area (Å²) in [6, 6.07) is 0. The van der Waals surface area contributed by atoms with Crippen molar-refractivity contribution in [1.29, 1.82) is 0 Å². The predicted molar refractivity (Wildman–Crippen MR) is 60.4 cm³/mol. The van der Waals surface area contributed by atoms with Crippen LogP contribution < -0.4 is 5.32 Å². The summed E-state index contributed by atoms with van der Waals surface area (Å²) in [5.74, 6) is 0.724. The predicted octanol–water partition coefficient (Wildman–Crippen LogP) is 2.32. The summed E-state index contributed by atoms with van der Waals surface area (Å²) in [6.45, 7) is 6.29. The van der Waals surface area contributed by atoms with Crippen molar-refractivity contribution in [2.45, 2.75) is 58.0 Å². The molecule has 0 radical (unpaired) electrons. The van der Waals surface area contributed by atoms with Crippen LogP contribution in [0.2, 0.25) is 0 Å². The van der Waals surface area contributed by atoms with Gasteiger partial charge in [-0.05, 0) is 25.3 Å². The third kappa shape index (κ3) is 3.97. The Balaban J connectivity index is 2.15. The zero-order chi connectivity index (χ0) is 10.4. The van der Waals surface area contributed by atoms with Gasteiger partial charge in [-0.1, -0.05) is 39.5 Å². The van der Waals surface area contributed by atoms with Crippen molar-refractivity contribution >= 4 is 0 Å². The van der Waals surface area contributed by atoms with E-state index in [2.05, 4.69) is 19.2 Å². The summed E-state index contributed by atoms with van der Waals surface area (Å²) in [7, 11) is 0. The Morgan fingerprint density at radius 1 is 1.29 bits per heavy atom. The highest BCUT2D eigenvalue weighted by Crippen LogP contribution is 2.27. The van der Waals surface area contributed by atoms with Gasteiger partial charge in [-0.2, -0.15) is 0 Å². The van der Waals surface area contributed by atoms with E-state index in [-0.39, 0.29) is 0 Å². The van der Waals surface area contributed by atoms with Crippen molar-refractivity contribution in [2.75, 3.05) is 13.1 Å². The molecule has 0 amide bonds. The highest BCUT2D eigenvalue weighted by molar-refractivity contribution is 4.84. The quantitative estimate of drug-likeness (QED) is 0.712. The molecule has 84 valence electrons. The van der Waals surface area contributed by atoms with Crippen molar-refractivity contribution in [3.63, 3.8) is 0 Å². The lowest BCUT2D eigenvalue weighted by atomic mass is 9.85. The average Bonchev–Trinajstić information content (AvgIpc) is 2.18. The topological polar surface area (TPSA) is 32.3 Å². The van der Waals surface area contributed by atoms with E-state index in [4.69, 9.17) is 0 Å². The third-order valence-electron chi connectivity index (χ3n) is 3.43. The van der Waals surface area contributed by atoms with Crippen molar-refractivity contribution in [2.24, 2.45) is 5.92 Å². The number of aliphatic hydroxyl groups is 1. The van der Waals surface area contributed by atoms with Gasteiger partial charge in [0, 0.05) is 6.54 Å². The van der Waals surface area contributed by atoms with Crippen LogP contribution >= 0.6 is 0 Å². The summed E-state index contributed by atoms with van der Waals surface area (Å²) >= 11 is 0. The first kappa shape index (κ1) is 12.0. The molecule has 0 bridgehead atoms. The molecule has 1 aliphatic rings. The molecule has 0 unspecified atom stereocenters. The molecule has 2 nitrogen and oxygen atoms in total. The molecule has 2 heteroatoms. The Kier molecular flexibility index (Phi) is 4.90. The Hall–Kier alpha value is -0.0800. The fraction of sp³-hybridized carbons (Fsp3) is 1.00. The zero-order valence-corrected chi connectivity index (χ0v) is 9.68. The standard InChI is InChI=1S/C12H25NO/c1-3-11(2)9-13-10-12(14)7-5-4-6-8-12/h11,13-14H,3-10H2,1-2H3/t11-/m0/s1.